The second-order valence-corrected chi connectivity index (χ2v) is 5.71. The third kappa shape index (κ3) is 2.40. The number of H-pyrrole nitrogens is 1. The molecule has 0 amide bonds. The number of hydrogen-bond acceptors (Lipinski definition) is 5. The highest BCUT2D eigenvalue weighted by Crippen LogP contribution is 2.44. The molecule has 0 bridgehead atoms. The van der Waals surface area contributed by atoms with Crippen LogP contribution in [0.15, 0.2) is 35.7 Å². The van der Waals surface area contributed by atoms with E-state index in [1.807, 2.05) is 24.3 Å². The molecule has 1 aliphatic heterocycles. The second-order valence-electron chi connectivity index (χ2n) is 5.71. The molecule has 0 saturated heterocycles. The molecule has 0 fully saturated rings. The lowest BCUT2D eigenvalue weighted by atomic mass is 9.82. The van der Waals surface area contributed by atoms with Gasteiger partial charge in [0.2, 0.25) is 11.8 Å². The summed E-state index contributed by atoms with van der Waals surface area (Å²) in [4.78, 5) is 0. The summed E-state index contributed by atoms with van der Waals surface area (Å²) in [6.07, 6.45) is 0. The van der Waals surface area contributed by atoms with Crippen LogP contribution in [0.4, 0.5) is 0 Å². The molecule has 6 heteroatoms. The fourth-order valence-electron chi connectivity index (χ4n) is 2.86. The van der Waals surface area contributed by atoms with Crippen molar-refractivity contribution in [1.29, 1.82) is 5.26 Å². The Kier molecular flexibility index (Phi) is 3.70. The molecule has 0 aliphatic carbocycles. The van der Waals surface area contributed by atoms with Crippen LogP contribution >= 0.6 is 0 Å². The lowest BCUT2D eigenvalue weighted by molar-refractivity contribution is 0.378. The van der Waals surface area contributed by atoms with Gasteiger partial charge < -0.3 is 15.2 Å². The third-order valence-electron chi connectivity index (χ3n) is 3.97. The molecule has 0 spiro atoms. The van der Waals surface area contributed by atoms with Crippen molar-refractivity contribution in [2.45, 2.75) is 25.7 Å². The second kappa shape index (κ2) is 5.69. The summed E-state index contributed by atoms with van der Waals surface area (Å²) in [7, 11) is 1.61. The summed E-state index contributed by atoms with van der Waals surface area (Å²) in [5, 5.41) is 16.8. The predicted molar refractivity (Wildman–Crippen MR) is 85.0 cm³/mol. The molecule has 23 heavy (non-hydrogen) atoms. The number of nitrogens with two attached hydrogens (primary N) is 1. The molecule has 0 saturated carbocycles. The molecule has 2 heterocycles. The fraction of sp³-hybridized carbons (Fsp3) is 0.294. The zero-order valence-electron chi connectivity index (χ0n) is 13.3. The minimum atomic E-state index is -0.324. The first-order valence-electron chi connectivity index (χ1n) is 7.36. The average Bonchev–Trinajstić information content (AvgIpc) is 2.97. The van der Waals surface area contributed by atoms with Gasteiger partial charge in [-0.25, -0.2) is 0 Å². The molecular formula is C17H18N4O2. The molecule has 1 aromatic heterocycles. The number of nitrogens with zero attached hydrogens (tertiary/aromatic N) is 2. The van der Waals surface area contributed by atoms with Crippen LogP contribution in [0.2, 0.25) is 0 Å². The SMILES string of the molecule is COc1cccc(C2C(C#N)=C(N)Oc3n[nH]c(C(C)C)c32)c1. The summed E-state index contributed by atoms with van der Waals surface area (Å²) in [5.74, 6) is 1.13. The summed E-state index contributed by atoms with van der Waals surface area (Å²) in [6, 6.07) is 9.79. The van der Waals surface area contributed by atoms with Crippen molar-refractivity contribution in [3.05, 3.63) is 52.5 Å². The normalized spacial score (nSPS) is 16.7. The highest BCUT2D eigenvalue weighted by Gasteiger charge is 2.35. The Morgan fingerprint density at radius 2 is 2.22 bits per heavy atom. The van der Waals surface area contributed by atoms with Crippen LogP contribution in [-0.4, -0.2) is 17.3 Å². The molecule has 3 rings (SSSR count). The van der Waals surface area contributed by atoms with Gasteiger partial charge in [-0.2, -0.15) is 5.26 Å². The highest BCUT2D eigenvalue weighted by atomic mass is 16.5. The molecule has 3 N–H and O–H groups in total. The smallest absolute Gasteiger partial charge is 0.244 e. The van der Waals surface area contributed by atoms with Gasteiger partial charge in [0.1, 0.15) is 17.4 Å². The van der Waals surface area contributed by atoms with Crippen LogP contribution in [0.25, 0.3) is 0 Å². The lowest BCUT2D eigenvalue weighted by Crippen LogP contribution is -2.21. The van der Waals surface area contributed by atoms with Gasteiger partial charge in [-0.15, -0.1) is 5.10 Å². The van der Waals surface area contributed by atoms with E-state index < -0.39 is 0 Å². The number of benzene rings is 1. The van der Waals surface area contributed by atoms with Crippen molar-refractivity contribution < 1.29 is 9.47 Å². The van der Waals surface area contributed by atoms with E-state index >= 15 is 0 Å². The number of aromatic nitrogens is 2. The van der Waals surface area contributed by atoms with Crippen molar-refractivity contribution in [2.24, 2.45) is 5.73 Å². The highest BCUT2D eigenvalue weighted by molar-refractivity contribution is 5.56. The molecule has 1 unspecified atom stereocenters. The predicted octanol–water partition coefficient (Wildman–Crippen LogP) is 2.76. The lowest BCUT2D eigenvalue weighted by Gasteiger charge is -2.25. The van der Waals surface area contributed by atoms with Gasteiger partial charge >= 0.3 is 0 Å². The summed E-state index contributed by atoms with van der Waals surface area (Å²) in [6.45, 7) is 4.12. The van der Waals surface area contributed by atoms with E-state index in [-0.39, 0.29) is 17.7 Å². The Morgan fingerprint density at radius 1 is 1.43 bits per heavy atom. The van der Waals surface area contributed by atoms with E-state index in [9.17, 15) is 5.26 Å². The minimum absolute atomic E-state index is 0.0922. The standard InChI is InChI=1S/C17H18N4O2/c1-9(2)15-14-13(10-5-4-6-11(7-10)22-3)12(8-18)16(19)23-17(14)21-20-15/h4-7,9,13H,19H2,1-3H3,(H,20,21). The number of rotatable bonds is 3. The van der Waals surface area contributed by atoms with Crippen LogP contribution in [-0.2, 0) is 0 Å². The zero-order chi connectivity index (χ0) is 16.6. The van der Waals surface area contributed by atoms with E-state index in [1.165, 1.54) is 0 Å². The number of ether oxygens (including phenoxy) is 2. The number of methoxy groups -OCH3 is 1. The minimum Gasteiger partial charge on any atom is -0.497 e. The van der Waals surface area contributed by atoms with E-state index in [2.05, 4.69) is 30.1 Å². The molecule has 1 atom stereocenters. The Labute approximate surface area is 134 Å². The first-order valence-corrected chi connectivity index (χ1v) is 7.36. The van der Waals surface area contributed by atoms with Crippen LogP contribution in [0.5, 0.6) is 11.6 Å². The van der Waals surface area contributed by atoms with Crippen molar-refractivity contribution in [3.8, 4) is 17.7 Å². The molecule has 6 nitrogen and oxygen atoms in total. The quantitative estimate of drug-likeness (QED) is 0.908. The monoisotopic (exact) mass is 310 g/mol. The van der Waals surface area contributed by atoms with Crippen LogP contribution in [0, 0.1) is 11.3 Å². The van der Waals surface area contributed by atoms with Crippen molar-refractivity contribution >= 4 is 0 Å². The van der Waals surface area contributed by atoms with Crippen LogP contribution in [0.1, 0.15) is 42.5 Å². The van der Waals surface area contributed by atoms with Crippen LogP contribution in [0.3, 0.4) is 0 Å². The molecule has 1 aliphatic rings. The number of hydrogen-bond donors (Lipinski definition) is 2. The van der Waals surface area contributed by atoms with Crippen molar-refractivity contribution in [3.63, 3.8) is 0 Å². The number of nitriles is 1. The summed E-state index contributed by atoms with van der Waals surface area (Å²) < 4.78 is 10.8. The fourth-order valence-corrected chi connectivity index (χ4v) is 2.86. The van der Waals surface area contributed by atoms with E-state index in [4.69, 9.17) is 15.2 Å². The van der Waals surface area contributed by atoms with Gasteiger partial charge in [0.25, 0.3) is 0 Å². The Balaban J connectivity index is 2.24. The summed E-state index contributed by atoms with van der Waals surface area (Å²) >= 11 is 0. The number of fused-ring (bicyclic) bond motifs is 1. The largest absolute Gasteiger partial charge is 0.497 e. The Bertz CT molecular complexity index is 814. The topological polar surface area (TPSA) is 96.9 Å². The zero-order valence-corrected chi connectivity index (χ0v) is 13.3. The Hall–Kier alpha value is -2.94. The molecule has 118 valence electrons. The number of aromatic amines is 1. The molecule has 1 aromatic carbocycles. The van der Waals surface area contributed by atoms with Crippen LogP contribution < -0.4 is 15.2 Å². The third-order valence-corrected chi connectivity index (χ3v) is 3.97. The maximum Gasteiger partial charge on any atom is 0.244 e. The first-order chi connectivity index (χ1) is 11.1. The van der Waals surface area contributed by atoms with Gasteiger partial charge in [-0.1, -0.05) is 26.0 Å². The van der Waals surface area contributed by atoms with E-state index in [0.717, 1.165) is 22.6 Å². The van der Waals surface area contributed by atoms with Gasteiger partial charge in [-0.3, -0.25) is 5.10 Å². The van der Waals surface area contributed by atoms with E-state index in [0.29, 0.717) is 11.5 Å². The number of allylic oxidation sites excluding steroid dienone is 1. The van der Waals surface area contributed by atoms with Crippen molar-refractivity contribution in [2.75, 3.05) is 7.11 Å². The van der Waals surface area contributed by atoms with E-state index in [1.54, 1.807) is 7.11 Å². The van der Waals surface area contributed by atoms with Gasteiger partial charge in [-0.05, 0) is 23.6 Å². The summed E-state index contributed by atoms with van der Waals surface area (Å²) in [5.41, 5.74) is 9.03. The first kappa shape index (κ1) is 15.0. The maximum absolute atomic E-state index is 9.58. The molecule has 2 aromatic rings. The Morgan fingerprint density at radius 3 is 2.87 bits per heavy atom. The van der Waals surface area contributed by atoms with Gasteiger partial charge in [0, 0.05) is 5.69 Å². The number of nitrogens with one attached hydrogen (secondary N) is 1. The molecule has 0 radical (unpaired) electrons. The average molecular weight is 310 g/mol. The van der Waals surface area contributed by atoms with Gasteiger partial charge in [0.05, 0.1) is 18.6 Å². The molecular weight excluding hydrogens is 292 g/mol. The van der Waals surface area contributed by atoms with Gasteiger partial charge in [0.15, 0.2) is 0 Å². The van der Waals surface area contributed by atoms with Crippen molar-refractivity contribution in [1.82, 2.24) is 10.2 Å². The maximum atomic E-state index is 9.58.